The molecule has 1 aromatic heterocycles. The van der Waals surface area contributed by atoms with E-state index < -0.39 is 0 Å². The van der Waals surface area contributed by atoms with Gasteiger partial charge >= 0.3 is 6.01 Å². The number of anilines is 1. The van der Waals surface area contributed by atoms with Crippen molar-refractivity contribution in [2.24, 2.45) is 5.10 Å². The van der Waals surface area contributed by atoms with Gasteiger partial charge in [-0.25, -0.2) is 0 Å². The third kappa shape index (κ3) is 0.957. The van der Waals surface area contributed by atoms with Crippen LogP contribution in [0.2, 0.25) is 0 Å². The van der Waals surface area contributed by atoms with Crippen LogP contribution in [0.15, 0.2) is 22.0 Å². The molecule has 0 bridgehead atoms. The lowest BCUT2D eigenvalue weighted by molar-refractivity contribution is -0.0725. The second-order valence-electron chi connectivity index (χ2n) is 1.89. The van der Waals surface area contributed by atoms with Gasteiger partial charge in [0.15, 0.2) is 0 Å². The van der Waals surface area contributed by atoms with Crippen LogP contribution >= 0.6 is 0 Å². The molecule has 1 aliphatic rings. The zero-order chi connectivity index (χ0) is 8.39. The summed E-state index contributed by atoms with van der Waals surface area (Å²) in [7, 11) is 1.48. The van der Waals surface area contributed by atoms with Gasteiger partial charge in [-0.15, -0.1) is 10.3 Å². The molecule has 12 heavy (non-hydrogen) atoms. The maximum atomic E-state index is 4.98. The van der Waals surface area contributed by atoms with Crippen LogP contribution in [0.3, 0.4) is 0 Å². The summed E-state index contributed by atoms with van der Waals surface area (Å²) >= 11 is 0. The number of rotatable bonds is 2. The lowest BCUT2D eigenvalue weighted by Gasteiger charge is -2.20. The summed E-state index contributed by atoms with van der Waals surface area (Å²) in [6.07, 6.45) is 5.46. The van der Waals surface area contributed by atoms with Crippen molar-refractivity contribution < 1.29 is 9.25 Å². The highest BCUT2D eigenvalue weighted by Gasteiger charge is 2.22. The van der Waals surface area contributed by atoms with Gasteiger partial charge in [-0.05, 0) is 0 Å². The predicted molar refractivity (Wildman–Crippen MR) is 38.4 cm³/mol. The average molecular weight is 168 g/mol. The highest BCUT2D eigenvalue weighted by atomic mass is 16.7. The molecule has 0 saturated heterocycles. The van der Waals surface area contributed by atoms with Crippen molar-refractivity contribution in [2.45, 2.75) is 0 Å². The Morgan fingerprint density at radius 3 is 3.33 bits per heavy atom. The van der Waals surface area contributed by atoms with Gasteiger partial charge in [-0.3, -0.25) is 4.84 Å². The van der Waals surface area contributed by atoms with Crippen LogP contribution in [0, 0.1) is 0 Å². The van der Waals surface area contributed by atoms with Crippen molar-refractivity contribution in [1.29, 1.82) is 0 Å². The lowest BCUT2D eigenvalue weighted by atomic mass is 11.0. The van der Waals surface area contributed by atoms with Crippen molar-refractivity contribution in [3.8, 4) is 0 Å². The van der Waals surface area contributed by atoms with E-state index in [0.717, 1.165) is 0 Å². The number of hydrazine groups is 2. The van der Waals surface area contributed by atoms with Gasteiger partial charge in [0.2, 0.25) is 6.34 Å². The van der Waals surface area contributed by atoms with Crippen LogP contribution in [0.1, 0.15) is 0 Å². The summed E-state index contributed by atoms with van der Waals surface area (Å²) < 4.78 is 4.98. The molecule has 63 valence electrons. The first-order chi connectivity index (χ1) is 5.92. The van der Waals surface area contributed by atoms with Crippen molar-refractivity contribution in [3.63, 3.8) is 0 Å². The zero-order valence-electron chi connectivity index (χ0n) is 6.26. The second kappa shape index (κ2) is 2.70. The lowest BCUT2D eigenvalue weighted by Crippen LogP contribution is -2.42. The Labute approximate surface area is 68.1 Å². The van der Waals surface area contributed by atoms with Crippen LogP contribution in [0.5, 0.6) is 0 Å². The minimum atomic E-state index is 0.325. The second-order valence-corrected chi connectivity index (χ2v) is 1.89. The summed E-state index contributed by atoms with van der Waals surface area (Å²) in [6, 6.07) is 0.325. The summed E-state index contributed by atoms with van der Waals surface area (Å²) in [6.45, 7) is 0. The van der Waals surface area contributed by atoms with Gasteiger partial charge in [0.05, 0.1) is 13.3 Å². The fraction of sp³-hybridized carbons (Fsp3) is 0.200. The third-order valence-electron chi connectivity index (χ3n) is 1.24. The molecule has 0 unspecified atom stereocenters. The highest BCUT2D eigenvalue weighted by Crippen LogP contribution is 2.11. The minimum absolute atomic E-state index is 0.325. The normalized spacial score (nSPS) is 15.4. The van der Waals surface area contributed by atoms with Crippen LogP contribution < -0.4 is 10.7 Å². The summed E-state index contributed by atoms with van der Waals surface area (Å²) in [5.41, 5.74) is 2.55. The quantitative estimate of drug-likeness (QED) is 0.648. The maximum absolute atomic E-state index is 4.98. The molecule has 0 fully saturated rings. The van der Waals surface area contributed by atoms with Crippen molar-refractivity contribution in [1.82, 2.24) is 15.7 Å². The number of oxazole rings is 1. The summed E-state index contributed by atoms with van der Waals surface area (Å²) in [4.78, 5) is 8.71. The molecular formula is C5H6N5O2. The molecule has 1 radical (unpaired) electrons. The molecule has 2 heterocycles. The minimum Gasteiger partial charge on any atom is -0.430 e. The molecule has 1 aromatic rings. The molecule has 7 heteroatoms. The van der Waals surface area contributed by atoms with Gasteiger partial charge in [0.25, 0.3) is 0 Å². The largest absolute Gasteiger partial charge is 0.430 e. The molecule has 7 nitrogen and oxygen atoms in total. The number of aromatic nitrogens is 1. The summed E-state index contributed by atoms with van der Waals surface area (Å²) in [5, 5.41) is 6.16. The van der Waals surface area contributed by atoms with Crippen LogP contribution in [0.4, 0.5) is 6.01 Å². The van der Waals surface area contributed by atoms with E-state index in [2.05, 4.69) is 22.0 Å². The van der Waals surface area contributed by atoms with E-state index in [9.17, 15) is 0 Å². The Kier molecular flexibility index (Phi) is 1.56. The molecule has 0 saturated carbocycles. The standard InChI is InChI=1S/C5H6N5O2/c1-11-9-4-7-8-10(9)5-6-2-3-12-5/h2-3,8H,1H3. The first kappa shape index (κ1) is 6.92. The Balaban J connectivity index is 2.15. The number of hydroxylamine groups is 1. The number of hydrogen-bond donors (Lipinski definition) is 1. The highest BCUT2D eigenvalue weighted by molar-refractivity contribution is 5.58. The van der Waals surface area contributed by atoms with E-state index in [0.29, 0.717) is 6.01 Å². The van der Waals surface area contributed by atoms with E-state index in [4.69, 9.17) is 9.25 Å². The Hall–Kier alpha value is -1.76. The smallest absolute Gasteiger partial charge is 0.340 e. The predicted octanol–water partition coefficient (Wildman–Crippen LogP) is -0.402. The molecule has 0 atom stereocenters. The topological polar surface area (TPSA) is 66.1 Å². The van der Waals surface area contributed by atoms with E-state index in [-0.39, 0.29) is 0 Å². The van der Waals surface area contributed by atoms with E-state index in [1.165, 1.54) is 29.9 Å². The first-order valence-electron chi connectivity index (χ1n) is 3.16. The van der Waals surface area contributed by atoms with E-state index in [1.807, 2.05) is 0 Å². The maximum Gasteiger partial charge on any atom is 0.340 e. The molecule has 2 rings (SSSR count). The molecule has 0 aromatic carbocycles. The molecule has 0 aliphatic carbocycles. The van der Waals surface area contributed by atoms with Crippen LogP contribution in [-0.2, 0) is 4.84 Å². The Bertz CT molecular complexity index is 271. The van der Waals surface area contributed by atoms with Gasteiger partial charge in [-0.2, -0.15) is 10.5 Å². The van der Waals surface area contributed by atoms with E-state index in [1.54, 1.807) is 0 Å². The number of hydrazone groups is 1. The molecule has 1 aliphatic heterocycles. The molecule has 0 spiro atoms. The van der Waals surface area contributed by atoms with Crippen molar-refractivity contribution in [3.05, 3.63) is 12.5 Å². The van der Waals surface area contributed by atoms with Gasteiger partial charge in [-0.1, -0.05) is 5.12 Å². The monoisotopic (exact) mass is 168 g/mol. The molecule has 1 N–H and O–H groups in total. The summed E-state index contributed by atoms with van der Waals surface area (Å²) in [5.74, 6) is 0. The third-order valence-corrected chi connectivity index (χ3v) is 1.24. The molecular weight excluding hydrogens is 162 g/mol. The average Bonchev–Trinajstić information content (AvgIpc) is 2.74. The molecule has 0 amide bonds. The Morgan fingerprint density at radius 2 is 2.67 bits per heavy atom. The first-order valence-corrected chi connectivity index (χ1v) is 3.16. The Morgan fingerprint density at radius 1 is 1.75 bits per heavy atom. The van der Waals surface area contributed by atoms with Crippen LogP contribution in [0.25, 0.3) is 0 Å². The van der Waals surface area contributed by atoms with Gasteiger partial charge in [0.1, 0.15) is 6.26 Å². The van der Waals surface area contributed by atoms with Gasteiger partial charge in [0, 0.05) is 0 Å². The zero-order valence-corrected chi connectivity index (χ0v) is 6.26. The fourth-order valence-electron chi connectivity index (χ4n) is 0.761. The SMILES string of the molecule is CON1[C]=NNN1c1ncco1. The van der Waals surface area contributed by atoms with Crippen molar-refractivity contribution >= 4 is 12.4 Å². The number of hydrogen-bond acceptors (Lipinski definition) is 7. The van der Waals surface area contributed by atoms with Crippen LogP contribution in [-0.4, -0.2) is 23.6 Å². The van der Waals surface area contributed by atoms with Crippen molar-refractivity contribution in [2.75, 3.05) is 12.2 Å². The van der Waals surface area contributed by atoms with Gasteiger partial charge < -0.3 is 4.42 Å². The number of nitrogens with one attached hydrogen (secondary N) is 1. The fourth-order valence-corrected chi connectivity index (χ4v) is 0.761. The van der Waals surface area contributed by atoms with E-state index >= 15 is 0 Å². The number of nitrogens with zero attached hydrogens (tertiary/aromatic N) is 4.